The molecule has 3 N–H and O–H groups in total. The van der Waals surface area contributed by atoms with Gasteiger partial charge in [0.2, 0.25) is 21.8 Å². The SMILES string of the molecule is O=C(CCNS(=O)(=O)c1ccc2c(c1)CCCC2)NCCNC(=O)C1CCCCC1. The third-order valence-electron chi connectivity index (χ3n) is 6.00. The van der Waals surface area contributed by atoms with Crippen LogP contribution in [0.2, 0.25) is 0 Å². The quantitative estimate of drug-likeness (QED) is 0.516. The van der Waals surface area contributed by atoms with Crippen molar-refractivity contribution < 1.29 is 18.0 Å². The number of aryl methyl sites for hydroxylation is 2. The summed E-state index contributed by atoms with van der Waals surface area (Å²) in [5, 5.41) is 5.59. The van der Waals surface area contributed by atoms with Gasteiger partial charge in [-0.15, -0.1) is 0 Å². The van der Waals surface area contributed by atoms with Gasteiger partial charge in [0.25, 0.3) is 0 Å². The van der Waals surface area contributed by atoms with Gasteiger partial charge < -0.3 is 10.6 Å². The second-order valence-electron chi connectivity index (χ2n) is 8.26. The number of nitrogens with one attached hydrogen (secondary N) is 3. The highest BCUT2D eigenvalue weighted by molar-refractivity contribution is 7.89. The lowest BCUT2D eigenvalue weighted by molar-refractivity contribution is -0.126. The lowest BCUT2D eigenvalue weighted by atomic mass is 9.89. The van der Waals surface area contributed by atoms with Crippen LogP contribution in [0.15, 0.2) is 23.1 Å². The standard InChI is InChI=1S/C22H33N3O4S/c26-21(23-14-15-24-22(27)18-7-2-1-3-8-18)12-13-25-30(28,29)20-11-10-17-6-4-5-9-19(17)16-20/h10-11,16,18,25H,1-9,12-15H2,(H,23,26)(H,24,27). The number of carbonyl (C=O) groups excluding carboxylic acids is 2. The third-order valence-corrected chi connectivity index (χ3v) is 7.46. The molecule has 0 aromatic heterocycles. The van der Waals surface area contributed by atoms with E-state index in [1.165, 1.54) is 12.0 Å². The van der Waals surface area contributed by atoms with Gasteiger partial charge in [-0.3, -0.25) is 9.59 Å². The molecule has 1 fully saturated rings. The van der Waals surface area contributed by atoms with Gasteiger partial charge in [-0.1, -0.05) is 25.3 Å². The summed E-state index contributed by atoms with van der Waals surface area (Å²) in [4.78, 5) is 24.3. The average molecular weight is 436 g/mol. The summed E-state index contributed by atoms with van der Waals surface area (Å²) in [6, 6.07) is 5.30. The molecule has 2 amide bonds. The zero-order chi connectivity index (χ0) is 21.4. The Hall–Kier alpha value is -1.93. The molecule has 2 aliphatic carbocycles. The molecule has 0 saturated heterocycles. The molecule has 30 heavy (non-hydrogen) atoms. The molecule has 0 aliphatic heterocycles. The number of carbonyl (C=O) groups is 2. The molecule has 1 aromatic carbocycles. The second-order valence-corrected chi connectivity index (χ2v) is 10.0. The minimum Gasteiger partial charge on any atom is -0.354 e. The largest absolute Gasteiger partial charge is 0.354 e. The summed E-state index contributed by atoms with van der Waals surface area (Å²) in [7, 11) is -3.63. The van der Waals surface area contributed by atoms with Gasteiger partial charge in [0.15, 0.2) is 0 Å². The highest BCUT2D eigenvalue weighted by Gasteiger charge is 2.20. The highest BCUT2D eigenvalue weighted by atomic mass is 32.2. The maximum Gasteiger partial charge on any atom is 0.240 e. The molecule has 0 unspecified atom stereocenters. The molecule has 166 valence electrons. The topological polar surface area (TPSA) is 104 Å². The number of benzene rings is 1. The molecule has 0 bridgehead atoms. The number of hydrogen-bond acceptors (Lipinski definition) is 4. The minimum absolute atomic E-state index is 0.0414. The Balaban J connectivity index is 1.34. The maximum absolute atomic E-state index is 12.5. The molecule has 0 spiro atoms. The Bertz CT molecular complexity index is 848. The molecule has 0 heterocycles. The van der Waals surface area contributed by atoms with E-state index in [1.54, 1.807) is 12.1 Å². The number of amides is 2. The van der Waals surface area contributed by atoms with Crippen LogP contribution in [0.4, 0.5) is 0 Å². The average Bonchev–Trinajstić information content (AvgIpc) is 2.76. The molecular formula is C22H33N3O4S. The summed E-state index contributed by atoms with van der Waals surface area (Å²) in [5.41, 5.74) is 2.34. The van der Waals surface area contributed by atoms with Crippen molar-refractivity contribution in [2.75, 3.05) is 19.6 Å². The van der Waals surface area contributed by atoms with Crippen LogP contribution in [0.5, 0.6) is 0 Å². The van der Waals surface area contributed by atoms with Crippen molar-refractivity contribution in [1.29, 1.82) is 0 Å². The van der Waals surface area contributed by atoms with Crippen molar-refractivity contribution in [3.05, 3.63) is 29.3 Å². The smallest absolute Gasteiger partial charge is 0.240 e. The first-order valence-electron chi connectivity index (χ1n) is 11.1. The molecule has 2 aliphatic rings. The van der Waals surface area contributed by atoms with E-state index in [0.717, 1.165) is 56.9 Å². The zero-order valence-electron chi connectivity index (χ0n) is 17.5. The Morgan fingerprint density at radius 2 is 1.57 bits per heavy atom. The Morgan fingerprint density at radius 1 is 0.867 bits per heavy atom. The van der Waals surface area contributed by atoms with Crippen LogP contribution in [0.25, 0.3) is 0 Å². The molecular weight excluding hydrogens is 402 g/mol. The zero-order valence-corrected chi connectivity index (χ0v) is 18.4. The maximum atomic E-state index is 12.5. The normalized spacial score (nSPS) is 17.2. The number of hydrogen-bond donors (Lipinski definition) is 3. The van der Waals surface area contributed by atoms with Gasteiger partial charge in [0.05, 0.1) is 4.90 Å². The fourth-order valence-corrected chi connectivity index (χ4v) is 5.33. The van der Waals surface area contributed by atoms with E-state index in [9.17, 15) is 18.0 Å². The predicted octanol–water partition coefficient (Wildman–Crippen LogP) is 2.05. The molecule has 3 rings (SSSR count). The summed E-state index contributed by atoms with van der Waals surface area (Å²) in [6.45, 7) is 0.774. The minimum atomic E-state index is -3.63. The first-order valence-corrected chi connectivity index (χ1v) is 12.6. The first-order chi connectivity index (χ1) is 14.5. The van der Waals surface area contributed by atoms with Crippen LogP contribution in [0, 0.1) is 5.92 Å². The van der Waals surface area contributed by atoms with E-state index in [-0.39, 0.29) is 35.6 Å². The lowest BCUT2D eigenvalue weighted by Gasteiger charge is -2.20. The van der Waals surface area contributed by atoms with E-state index in [2.05, 4.69) is 15.4 Å². The van der Waals surface area contributed by atoms with Gasteiger partial charge in [0, 0.05) is 32.0 Å². The van der Waals surface area contributed by atoms with Crippen molar-refractivity contribution in [2.24, 2.45) is 5.92 Å². The van der Waals surface area contributed by atoms with Crippen LogP contribution in [0.3, 0.4) is 0 Å². The molecule has 8 heteroatoms. The lowest BCUT2D eigenvalue weighted by Crippen LogP contribution is -2.38. The van der Waals surface area contributed by atoms with Crippen LogP contribution in [-0.2, 0) is 32.5 Å². The van der Waals surface area contributed by atoms with E-state index < -0.39 is 10.0 Å². The Morgan fingerprint density at radius 3 is 2.33 bits per heavy atom. The Labute approximate surface area is 179 Å². The van der Waals surface area contributed by atoms with Crippen molar-refractivity contribution in [3.63, 3.8) is 0 Å². The van der Waals surface area contributed by atoms with Gasteiger partial charge in [-0.2, -0.15) is 0 Å². The van der Waals surface area contributed by atoms with E-state index in [0.29, 0.717) is 13.1 Å². The molecule has 1 saturated carbocycles. The van der Waals surface area contributed by atoms with E-state index >= 15 is 0 Å². The van der Waals surface area contributed by atoms with Crippen LogP contribution in [-0.4, -0.2) is 39.9 Å². The fraction of sp³-hybridized carbons (Fsp3) is 0.636. The van der Waals surface area contributed by atoms with Crippen LogP contribution in [0.1, 0.15) is 62.5 Å². The summed E-state index contributed by atoms with van der Waals surface area (Å²) in [5.74, 6) is -0.0655. The fourth-order valence-electron chi connectivity index (χ4n) is 4.24. The van der Waals surface area contributed by atoms with Crippen LogP contribution < -0.4 is 15.4 Å². The van der Waals surface area contributed by atoms with Crippen LogP contribution >= 0.6 is 0 Å². The van der Waals surface area contributed by atoms with Crippen molar-refractivity contribution in [1.82, 2.24) is 15.4 Å². The summed E-state index contributed by atoms with van der Waals surface area (Å²) < 4.78 is 27.5. The highest BCUT2D eigenvalue weighted by Crippen LogP contribution is 2.24. The van der Waals surface area contributed by atoms with Gasteiger partial charge >= 0.3 is 0 Å². The van der Waals surface area contributed by atoms with Gasteiger partial charge in [-0.05, 0) is 61.8 Å². The number of sulfonamides is 1. The van der Waals surface area contributed by atoms with Gasteiger partial charge in [-0.25, -0.2) is 13.1 Å². The van der Waals surface area contributed by atoms with Crippen molar-refractivity contribution >= 4 is 21.8 Å². The number of fused-ring (bicyclic) bond motifs is 1. The second kappa shape index (κ2) is 10.9. The predicted molar refractivity (Wildman–Crippen MR) is 115 cm³/mol. The molecule has 0 atom stereocenters. The van der Waals surface area contributed by atoms with Crippen molar-refractivity contribution in [2.45, 2.75) is 69.1 Å². The molecule has 0 radical (unpaired) electrons. The summed E-state index contributed by atoms with van der Waals surface area (Å²) in [6.07, 6.45) is 9.53. The van der Waals surface area contributed by atoms with E-state index in [1.807, 2.05) is 6.07 Å². The monoisotopic (exact) mass is 435 g/mol. The van der Waals surface area contributed by atoms with Gasteiger partial charge in [0.1, 0.15) is 0 Å². The first kappa shape index (κ1) is 22.7. The number of rotatable bonds is 9. The summed E-state index contributed by atoms with van der Waals surface area (Å²) >= 11 is 0. The van der Waals surface area contributed by atoms with E-state index in [4.69, 9.17) is 0 Å². The molecule has 7 nitrogen and oxygen atoms in total. The Kier molecular flexibility index (Phi) is 8.27. The molecule has 1 aromatic rings. The van der Waals surface area contributed by atoms with Crippen molar-refractivity contribution in [3.8, 4) is 0 Å². The third kappa shape index (κ3) is 6.54.